The van der Waals surface area contributed by atoms with E-state index in [1.807, 2.05) is 22.7 Å². The molecule has 2 aliphatic heterocycles. The number of hydrogen-bond acceptors (Lipinski definition) is 4. The molecular formula is C18H19N5. The molecule has 0 radical (unpaired) electrons. The molecule has 0 amide bonds. The lowest BCUT2D eigenvalue weighted by molar-refractivity contribution is 0.0360. The topological polar surface area (TPSA) is 36.7 Å². The molecule has 0 N–H and O–H groups in total. The van der Waals surface area contributed by atoms with Crippen LogP contribution in [0.15, 0.2) is 42.5 Å². The molecule has 2 aliphatic rings. The summed E-state index contributed by atoms with van der Waals surface area (Å²) < 4.78 is 1.98. The van der Waals surface area contributed by atoms with Gasteiger partial charge in [0.25, 0.3) is 0 Å². The number of rotatable bonds is 2. The largest absolute Gasteiger partial charge is 0.348 e. The smallest absolute Gasteiger partial charge is 0.154 e. The second-order valence-corrected chi connectivity index (χ2v) is 6.60. The zero-order valence-corrected chi connectivity index (χ0v) is 13.3. The summed E-state index contributed by atoms with van der Waals surface area (Å²) in [5.41, 5.74) is 4.16. The predicted molar refractivity (Wildman–Crippen MR) is 90.7 cm³/mol. The minimum atomic E-state index is 0.641. The Labute approximate surface area is 135 Å². The standard InChI is InChI=1S/C18H19N5/c1-12-18(13-6-4-3-5-7-13)19-16-8-9-17(20-23(12)16)22-11-14-15(22)10-21(14)2/h3-9,14-15H,10-11H2,1-2H3. The third-order valence-electron chi connectivity index (χ3n) is 5.30. The summed E-state index contributed by atoms with van der Waals surface area (Å²) in [5, 5.41) is 4.85. The Morgan fingerprint density at radius 3 is 2.52 bits per heavy atom. The Morgan fingerprint density at radius 1 is 1.00 bits per heavy atom. The highest BCUT2D eigenvalue weighted by molar-refractivity contribution is 5.66. The van der Waals surface area contributed by atoms with E-state index in [0.717, 1.165) is 47.5 Å². The van der Waals surface area contributed by atoms with Gasteiger partial charge < -0.3 is 4.90 Å². The van der Waals surface area contributed by atoms with Gasteiger partial charge in [-0.05, 0) is 26.1 Å². The molecule has 0 saturated carbocycles. The number of piperazine rings is 1. The molecule has 2 atom stereocenters. The first-order valence-electron chi connectivity index (χ1n) is 8.11. The van der Waals surface area contributed by atoms with Gasteiger partial charge in [0.05, 0.1) is 17.4 Å². The summed E-state index contributed by atoms with van der Waals surface area (Å²) in [7, 11) is 2.20. The van der Waals surface area contributed by atoms with E-state index in [9.17, 15) is 0 Å². The molecule has 3 aromatic rings. The van der Waals surface area contributed by atoms with Gasteiger partial charge in [0.1, 0.15) is 5.82 Å². The van der Waals surface area contributed by atoms with Gasteiger partial charge in [0.15, 0.2) is 5.65 Å². The number of hydrogen-bond donors (Lipinski definition) is 0. The molecule has 116 valence electrons. The lowest BCUT2D eigenvalue weighted by atomic mass is 9.86. The van der Waals surface area contributed by atoms with E-state index in [4.69, 9.17) is 10.1 Å². The van der Waals surface area contributed by atoms with E-state index in [2.05, 4.69) is 48.0 Å². The van der Waals surface area contributed by atoms with Gasteiger partial charge in [0.2, 0.25) is 0 Å². The van der Waals surface area contributed by atoms with E-state index in [1.165, 1.54) is 0 Å². The van der Waals surface area contributed by atoms with Crippen LogP contribution in [0.2, 0.25) is 0 Å². The Morgan fingerprint density at radius 2 is 1.83 bits per heavy atom. The number of likely N-dealkylation sites (tertiary alicyclic amines) is 1. The third kappa shape index (κ3) is 1.77. The Bertz CT molecular complexity index is 885. The molecule has 0 spiro atoms. The number of aromatic nitrogens is 3. The molecule has 2 aromatic heterocycles. The summed E-state index contributed by atoms with van der Waals surface area (Å²) >= 11 is 0. The maximum atomic E-state index is 4.85. The zero-order valence-electron chi connectivity index (χ0n) is 13.3. The van der Waals surface area contributed by atoms with Crippen molar-refractivity contribution in [3.05, 3.63) is 48.2 Å². The fourth-order valence-electron chi connectivity index (χ4n) is 3.79. The lowest BCUT2D eigenvalue weighted by Crippen LogP contribution is -2.78. The van der Waals surface area contributed by atoms with E-state index in [1.54, 1.807) is 0 Å². The van der Waals surface area contributed by atoms with Crippen LogP contribution in [0.5, 0.6) is 0 Å². The monoisotopic (exact) mass is 305 g/mol. The molecule has 2 saturated heterocycles. The lowest BCUT2D eigenvalue weighted by Gasteiger charge is -2.61. The van der Waals surface area contributed by atoms with E-state index < -0.39 is 0 Å². The molecular weight excluding hydrogens is 286 g/mol. The number of nitrogens with zero attached hydrogens (tertiary/aromatic N) is 5. The first-order valence-corrected chi connectivity index (χ1v) is 8.11. The van der Waals surface area contributed by atoms with Crippen molar-refractivity contribution in [3.8, 4) is 11.3 Å². The van der Waals surface area contributed by atoms with Gasteiger partial charge in [-0.1, -0.05) is 30.3 Å². The second kappa shape index (κ2) is 4.55. The second-order valence-electron chi connectivity index (χ2n) is 6.60. The highest BCUT2D eigenvalue weighted by Crippen LogP contribution is 2.35. The molecule has 5 heteroatoms. The van der Waals surface area contributed by atoms with Crippen molar-refractivity contribution in [1.29, 1.82) is 0 Å². The fraction of sp³-hybridized carbons (Fsp3) is 0.333. The van der Waals surface area contributed by atoms with Gasteiger partial charge in [0, 0.05) is 24.7 Å². The van der Waals surface area contributed by atoms with E-state index in [-0.39, 0.29) is 0 Å². The quantitative estimate of drug-likeness (QED) is 0.727. The number of likely N-dealkylation sites (N-methyl/N-ethyl adjacent to an activating group) is 1. The Balaban J connectivity index is 1.55. The van der Waals surface area contributed by atoms with Crippen molar-refractivity contribution < 1.29 is 0 Å². The normalized spacial score (nSPS) is 23.5. The molecule has 0 bridgehead atoms. The Hall–Kier alpha value is -2.40. The number of imidazole rings is 1. The van der Waals surface area contributed by atoms with Crippen LogP contribution in [0.3, 0.4) is 0 Å². The number of aryl methyl sites for hydroxylation is 1. The minimum Gasteiger partial charge on any atom is -0.348 e. The molecule has 4 heterocycles. The average molecular weight is 305 g/mol. The number of fused-ring (bicyclic) bond motifs is 2. The summed E-state index contributed by atoms with van der Waals surface area (Å²) in [4.78, 5) is 9.58. The third-order valence-corrected chi connectivity index (χ3v) is 5.30. The van der Waals surface area contributed by atoms with E-state index >= 15 is 0 Å². The number of anilines is 1. The van der Waals surface area contributed by atoms with Crippen molar-refractivity contribution in [2.24, 2.45) is 0 Å². The van der Waals surface area contributed by atoms with Crippen molar-refractivity contribution in [3.63, 3.8) is 0 Å². The molecule has 23 heavy (non-hydrogen) atoms. The molecule has 1 aromatic carbocycles. The van der Waals surface area contributed by atoms with Crippen LogP contribution in [0, 0.1) is 6.92 Å². The molecule has 2 unspecified atom stereocenters. The highest BCUT2D eigenvalue weighted by Gasteiger charge is 2.50. The van der Waals surface area contributed by atoms with Gasteiger partial charge in [-0.2, -0.15) is 0 Å². The molecule has 2 fully saturated rings. The van der Waals surface area contributed by atoms with Gasteiger partial charge >= 0.3 is 0 Å². The van der Waals surface area contributed by atoms with Crippen molar-refractivity contribution >= 4 is 11.5 Å². The maximum absolute atomic E-state index is 4.85. The Kier molecular flexibility index (Phi) is 2.59. The first kappa shape index (κ1) is 13.1. The summed E-state index contributed by atoms with van der Waals surface area (Å²) in [6.07, 6.45) is 0. The summed E-state index contributed by atoms with van der Waals surface area (Å²) in [6.45, 7) is 4.32. The predicted octanol–water partition coefficient (Wildman–Crippen LogP) is 2.21. The van der Waals surface area contributed by atoms with Crippen LogP contribution in [-0.2, 0) is 0 Å². The fourth-order valence-corrected chi connectivity index (χ4v) is 3.79. The summed E-state index contributed by atoms with van der Waals surface area (Å²) in [6, 6.07) is 15.9. The van der Waals surface area contributed by atoms with Crippen LogP contribution in [-0.4, -0.2) is 51.7 Å². The van der Waals surface area contributed by atoms with E-state index in [0.29, 0.717) is 6.04 Å². The van der Waals surface area contributed by atoms with Gasteiger partial charge in [-0.15, -0.1) is 5.10 Å². The first-order chi connectivity index (χ1) is 11.2. The summed E-state index contributed by atoms with van der Waals surface area (Å²) in [5.74, 6) is 1.06. The van der Waals surface area contributed by atoms with Crippen LogP contribution >= 0.6 is 0 Å². The SMILES string of the molecule is Cc1c(-c2ccccc2)nc2ccc(N3CC4C3CN4C)nn12. The van der Waals surface area contributed by atoms with Crippen LogP contribution in [0.1, 0.15) is 5.69 Å². The van der Waals surface area contributed by atoms with Gasteiger partial charge in [-0.25, -0.2) is 9.50 Å². The zero-order chi connectivity index (χ0) is 15.6. The minimum absolute atomic E-state index is 0.641. The maximum Gasteiger partial charge on any atom is 0.154 e. The van der Waals surface area contributed by atoms with Crippen LogP contribution < -0.4 is 4.90 Å². The van der Waals surface area contributed by atoms with Crippen molar-refractivity contribution in [2.75, 3.05) is 25.0 Å². The molecule has 0 aliphatic carbocycles. The number of benzene rings is 1. The van der Waals surface area contributed by atoms with Crippen molar-refractivity contribution in [2.45, 2.75) is 19.0 Å². The molecule has 5 nitrogen and oxygen atoms in total. The molecule has 5 rings (SSSR count). The van der Waals surface area contributed by atoms with Crippen LogP contribution in [0.25, 0.3) is 16.9 Å². The van der Waals surface area contributed by atoms with Crippen LogP contribution in [0.4, 0.5) is 5.82 Å². The van der Waals surface area contributed by atoms with Gasteiger partial charge in [-0.3, -0.25) is 4.90 Å². The van der Waals surface area contributed by atoms with Crippen molar-refractivity contribution in [1.82, 2.24) is 19.5 Å². The average Bonchev–Trinajstić information content (AvgIpc) is 2.90. The highest BCUT2D eigenvalue weighted by atomic mass is 15.5.